The monoisotopic (exact) mass is 273 g/mol. The van der Waals surface area contributed by atoms with Crippen molar-refractivity contribution in [3.63, 3.8) is 0 Å². The lowest BCUT2D eigenvalue weighted by Gasteiger charge is -2.23. The zero-order valence-corrected chi connectivity index (χ0v) is 11.5. The molecule has 0 amide bonds. The molecule has 0 fully saturated rings. The molecular formula is C11H20BrN3. The van der Waals surface area contributed by atoms with Crippen LogP contribution in [0.25, 0.3) is 0 Å². The summed E-state index contributed by atoms with van der Waals surface area (Å²) < 4.78 is 3.01. The summed E-state index contributed by atoms with van der Waals surface area (Å²) in [7, 11) is 0. The van der Waals surface area contributed by atoms with E-state index in [1.807, 2.05) is 17.1 Å². The predicted octanol–water partition coefficient (Wildman–Crippen LogP) is 2.67. The predicted molar refractivity (Wildman–Crippen MR) is 66.8 cm³/mol. The summed E-state index contributed by atoms with van der Waals surface area (Å²) in [6.45, 7) is 10.8. The lowest BCUT2D eigenvalue weighted by molar-refractivity contribution is 0.352. The van der Waals surface area contributed by atoms with Gasteiger partial charge in [-0.3, -0.25) is 4.68 Å². The minimum absolute atomic E-state index is 0.193. The summed E-state index contributed by atoms with van der Waals surface area (Å²) in [6.07, 6.45) is 3.83. The topological polar surface area (TPSA) is 29.9 Å². The molecule has 0 aliphatic heterocycles. The molecule has 1 rings (SSSR count). The van der Waals surface area contributed by atoms with Gasteiger partial charge in [0, 0.05) is 18.3 Å². The van der Waals surface area contributed by atoms with Gasteiger partial charge in [-0.15, -0.1) is 0 Å². The molecule has 0 aliphatic rings. The van der Waals surface area contributed by atoms with Gasteiger partial charge in [0.1, 0.15) is 0 Å². The van der Waals surface area contributed by atoms with E-state index in [4.69, 9.17) is 0 Å². The SMILES string of the molecule is CC(CNC(C)(C)C)Cn1cc(Br)cn1. The van der Waals surface area contributed by atoms with Crippen LogP contribution in [0.4, 0.5) is 0 Å². The summed E-state index contributed by atoms with van der Waals surface area (Å²) in [5, 5.41) is 7.74. The standard InChI is InChI=1S/C11H20BrN3/c1-9(5-13-11(2,3)4)7-15-8-10(12)6-14-15/h6,8-9,13H,5,7H2,1-4H3. The first-order valence-corrected chi connectivity index (χ1v) is 6.09. The number of rotatable bonds is 4. The first kappa shape index (κ1) is 12.7. The number of hydrogen-bond donors (Lipinski definition) is 1. The molecule has 1 aromatic rings. The molecule has 4 heteroatoms. The fourth-order valence-electron chi connectivity index (χ4n) is 1.30. The third kappa shape index (κ3) is 5.33. The third-order valence-corrected chi connectivity index (χ3v) is 2.49. The Kier molecular flexibility index (Phi) is 4.34. The molecule has 0 bridgehead atoms. The van der Waals surface area contributed by atoms with Gasteiger partial charge in [-0.1, -0.05) is 6.92 Å². The van der Waals surface area contributed by atoms with E-state index in [0.717, 1.165) is 17.6 Å². The van der Waals surface area contributed by atoms with Gasteiger partial charge in [0.25, 0.3) is 0 Å². The fraction of sp³-hybridized carbons (Fsp3) is 0.727. The maximum absolute atomic E-state index is 4.24. The molecule has 15 heavy (non-hydrogen) atoms. The zero-order valence-electron chi connectivity index (χ0n) is 9.92. The minimum atomic E-state index is 0.193. The van der Waals surface area contributed by atoms with Crippen molar-refractivity contribution in [3.8, 4) is 0 Å². The lowest BCUT2D eigenvalue weighted by atomic mass is 10.1. The van der Waals surface area contributed by atoms with Crippen LogP contribution in [0.15, 0.2) is 16.9 Å². The van der Waals surface area contributed by atoms with E-state index in [-0.39, 0.29) is 5.54 Å². The van der Waals surface area contributed by atoms with E-state index < -0.39 is 0 Å². The highest BCUT2D eigenvalue weighted by Crippen LogP contribution is 2.08. The van der Waals surface area contributed by atoms with E-state index in [2.05, 4.69) is 54.0 Å². The normalized spacial score (nSPS) is 14.2. The van der Waals surface area contributed by atoms with Crippen LogP contribution in [0.3, 0.4) is 0 Å². The van der Waals surface area contributed by atoms with Gasteiger partial charge in [0.05, 0.1) is 10.7 Å². The summed E-state index contributed by atoms with van der Waals surface area (Å²) in [5.74, 6) is 0.580. The number of nitrogens with zero attached hydrogens (tertiary/aromatic N) is 2. The van der Waals surface area contributed by atoms with Gasteiger partial charge >= 0.3 is 0 Å². The zero-order chi connectivity index (χ0) is 11.5. The average molecular weight is 274 g/mol. The molecule has 1 atom stereocenters. The Hall–Kier alpha value is -0.350. The van der Waals surface area contributed by atoms with E-state index >= 15 is 0 Å². The number of hydrogen-bond acceptors (Lipinski definition) is 2. The van der Waals surface area contributed by atoms with Gasteiger partial charge in [-0.25, -0.2) is 0 Å². The summed E-state index contributed by atoms with van der Waals surface area (Å²) in [6, 6.07) is 0. The van der Waals surface area contributed by atoms with Gasteiger partial charge < -0.3 is 5.32 Å². The second-order valence-corrected chi connectivity index (χ2v) is 6.03. The molecule has 1 unspecified atom stereocenters. The van der Waals surface area contributed by atoms with Crippen LogP contribution >= 0.6 is 15.9 Å². The van der Waals surface area contributed by atoms with Crippen LogP contribution in [0.1, 0.15) is 27.7 Å². The van der Waals surface area contributed by atoms with Crippen molar-refractivity contribution >= 4 is 15.9 Å². The van der Waals surface area contributed by atoms with Crippen molar-refractivity contribution in [1.29, 1.82) is 0 Å². The smallest absolute Gasteiger partial charge is 0.0632 e. The molecular weight excluding hydrogens is 254 g/mol. The van der Waals surface area contributed by atoms with E-state index in [1.165, 1.54) is 0 Å². The van der Waals surface area contributed by atoms with Gasteiger partial charge in [0.15, 0.2) is 0 Å². The Morgan fingerprint density at radius 1 is 1.53 bits per heavy atom. The van der Waals surface area contributed by atoms with Crippen molar-refractivity contribution in [2.24, 2.45) is 5.92 Å². The quantitative estimate of drug-likeness (QED) is 0.914. The lowest BCUT2D eigenvalue weighted by Crippen LogP contribution is -2.39. The van der Waals surface area contributed by atoms with Crippen LogP contribution in [-0.2, 0) is 6.54 Å². The number of halogens is 1. The first-order valence-electron chi connectivity index (χ1n) is 5.30. The summed E-state index contributed by atoms with van der Waals surface area (Å²) in [4.78, 5) is 0. The highest BCUT2D eigenvalue weighted by molar-refractivity contribution is 9.10. The van der Waals surface area contributed by atoms with Crippen molar-refractivity contribution in [3.05, 3.63) is 16.9 Å². The van der Waals surface area contributed by atoms with Crippen LogP contribution in [0.2, 0.25) is 0 Å². The van der Waals surface area contributed by atoms with Crippen molar-refractivity contribution in [2.45, 2.75) is 39.8 Å². The van der Waals surface area contributed by atoms with Crippen molar-refractivity contribution in [1.82, 2.24) is 15.1 Å². The Balaban J connectivity index is 2.33. The van der Waals surface area contributed by atoms with Gasteiger partial charge in [-0.05, 0) is 49.2 Å². The number of aromatic nitrogens is 2. The Morgan fingerprint density at radius 3 is 2.67 bits per heavy atom. The highest BCUT2D eigenvalue weighted by Gasteiger charge is 2.11. The van der Waals surface area contributed by atoms with Crippen molar-refractivity contribution < 1.29 is 0 Å². The second-order valence-electron chi connectivity index (χ2n) is 5.12. The van der Waals surface area contributed by atoms with E-state index in [0.29, 0.717) is 5.92 Å². The Morgan fingerprint density at radius 2 is 2.20 bits per heavy atom. The van der Waals surface area contributed by atoms with Gasteiger partial charge in [0.2, 0.25) is 0 Å². The highest BCUT2D eigenvalue weighted by atomic mass is 79.9. The molecule has 0 aromatic carbocycles. The van der Waals surface area contributed by atoms with Crippen LogP contribution in [0.5, 0.6) is 0 Å². The maximum Gasteiger partial charge on any atom is 0.0632 e. The molecule has 0 spiro atoms. The molecule has 0 radical (unpaired) electrons. The van der Waals surface area contributed by atoms with E-state index in [9.17, 15) is 0 Å². The summed E-state index contributed by atoms with van der Waals surface area (Å²) >= 11 is 3.39. The average Bonchev–Trinajstić information content (AvgIpc) is 2.47. The van der Waals surface area contributed by atoms with Crippen LogP contribution in [-0.4, -0.2) is 21.9 Å². The molecule has 1 N–H and O–H groups in total. The Labute approximate surface area is 100 Å². The van der Waals surface area contributed by atoms with Crippen LogP contribution < -0.4 is 5.32 Å². The minimum Gasteiger partial charge on any atom is -0.312 e. The molecule has 1 heterocycles. The molecule has 0 saturated heterocycles. The van der Waals surface area contributed by atoms with Crippen LogP contribution in [0, 0.1) is 5.92 Å². The first-order chi connectivity index (χ1) is 6.87. The third-order valence-electron chi connectivity index (χ3n) is 2.08. The largest absolute Gasteiger partial charge is 0.312 e. The molecule has 3 nitrogen and oxygen atoms in total. The second kappa shape index (κ2) is 5.12. The molecule has 0 saturated carbocycles. The van der Waals surface area contributed by atoms with Crippen molar-refractivity contribution in [2.75, 3.05) is 6.54 Å². The molecule has 1 aromatic heterocycles. The molecule has 0 aliphatic carbocycles. The Bertz CT molecular complexity index is 301. The van der Waals surface area contributed by atoms with E-state index in [1.54, 1.807) is 0 Å². The number of nitrogens with one attached hydrogen (secondary N) is 1. The van der Waals surface area contributed by atoms with Gasteiger partial charge in [-0.2, -0.15) is 5.10 Å². The fourth-order valence-corrected chi connectivity index (χ4v) is 1.63. The molecule has 86 valence electrons. The maximum atomic E-state index is 4.24. The summed E-state index contributed by atoms with van der Waals surface area (Å²) in [5.41, 5.74) is 0.193.